The lowest BCUT2D eigenvalue weighted by atomic mass is 10.1. The van der Waals surface area contributed by atoms with Crippen molar-refractivity contribution in [2.45, 2.75) is 37.8 Å². The van der Waals surface area contributed by atoms with E-state index < -0.39 is 0 Å². The molecule has 1 aromatic heterocycles. The Morgan fingerprint density at radius 2 is 1.66 bits per heavy atom. The topological polar surface area (TPSA) is 99.2 Å². The molecule has 3 amide bonds. The van der Waals surface area contributed by atoms with E-state index in [9.17, 15) is 9.59 Å². The molecule has 2 aromatic rings. The van der Waals surface area contributed by atoms with Gasteiger partial charge in [-0.3, -0.25) is 10.1 Å². The molecule has 1 aliphatic heterocycles. The summed E-state index contributed by atoms with van der Waals surface area (Å²) < 4.78 is 0. The van der Waals surface area contributed by atoms with Gasteiger partial charge in [-0.1, -0.05) is 24.3 Å². The van der Waals surface area contributed by atoms with Crippen molar-refractivity contribution in [1.82, 2.24) is 25.5 Å². The van der Waals surface area contributed by atoms with E-state index in [1.54, 1.807) is 4.90 Å². The van der Waals surface area contributed by atoms with Gasteiger partial charge in [0, 0.05) is 37.6 Å². The number of amides is 3. The molecule has 0 bridgehead atoms. The third kappa shape index (κ3) is 4.37. The third-order valence-corrected chi connectivity index (χ3v) is 5.72. The number of fused-ring (bicyclic) bond motifs is 1. The summed E-state index contributed by atoms with van der Waals surface area (Å²) in [7, 11) is 1.94. The van der Waals surface area contributed by atoms with E-state index >= 15 is 0 Å². The van der Waals surface area contributed by atoms with Crippen LogP contribution in [-0.2, 0) is 12.8 Å². The number of anilines is 1. The predicted molar refractivity (Wildman–Crippen MR) is 110 cm³/mol. The first-order valence-electron chi connectivity index (χ1n) is 10.1. The molecule has 1 aromatic carbocycles. The second-order valence-corrected chi connectivity index (χ2v) is 7.58. The van der Waals surface area contributed by atoms with Gasteiger partial charge in [-0.05, 0) is 43.9 Å². The van der Waals surface area contributed by atoms with Gasteiger partial charge in [0.15, 0.2) is 11.5 Å². The standard InChI is InChI=1S/C21H26N6O2/c1-22-16-6-10-27(11-7-16)21(29)26-19-18(23-8-9-24-19)20(28)25-17-12-14-4-2-3-5-15(14)13-17/h2-5,8-9,16-17,22H,6-7,10-13H2,1H3,(H,25,28)(H,24,26,29). The van der Waals surface area contributed by atoms with Gasteiger partial charge in [0.05, 0.1) is 0 Å². The first kappa shape index (κ1) is 19.3. The maximum absolute atomic E-state index is 12.8. The van der Waals surface area contributed by atoms with Gasteiger partial charge in [0.2, 0.25) is 0 Å². The van der Waals surface area contributed by atoms with E-state index in [4.69, 9.17) is 0 Å². The molecule has 0 unspecified atom stereocenters. The summed E-state index contributed by atoms with van der Waals surface area (Å²) in [5, 5.41) is 9.05. The van der Waals surface area contributed by atoms with E-state index in [1.165, 1.54) is 23.5 Å². The average molecular weight is 394 g/mol. The molecule has 8 heteroatoms. The fraction of sp³-hybridized carbons (Fsp3) is 0.429. The highest BCUT2D eigenvalue weighted by atomic mass is 16.2. The zero-order valence-electron chi connectivity index (χ0n) is 16.5. The number of nitrogens with one attached hydrogen (secondary N) is 3. The van der Waals surface area contributed by atoms with Gasteiger partial charge in [0.25, 0.3) is 5.91 Å². The Labute approximate surface area is 170 Å². The van der Waals surface area contributed by atoms with E-state index in [0.29, 0.717) is 19.1 Å². The minimum atomic E-state index is -0.319. The fourth-order valence-corrected chi connectivity index (χ4v) is 4.06. The average Bonchev–Trinajstić information content (AvgIpc) is 3.16. The number of hydrogen-bond acceptors (Lipinski definition) is 5. The van der Waals surface area contributed by atoms with Crippen molar-refractivity contribution in [3.05, 3.63) is 53.5 Å². The monoisotopic (exact) mass is 394 g/mol. The summed E-state index contributed by atoms with van der Waals surface area (Å²) >= 11 is 0. The molecule has 152 valence electrons. The van der Waals surface area contributed by atoms with Crippen LogP contribution in [0.5, 0.6) is 0 Å². The van der Waals surface area contributed by atoms with Crippen LogP contribution >= 0.6 is 0 Å². The van der Waals surface area contributed by atoms with Crippen LogP contribution in [0.25, 0.3) is 0 Å². The van der Waals surface area contributed by atoms with Crippen molar-refractivity contribution >= 4 is 17.8 Å². The lowest BCUT2D eigenvalue weighted by molar-refractivity contribution is 0.0934. The van der Waals surface area contributed by atoms with Crippen molar-refractivity contribution in [1.29, 1.82) is 0 Å². The number of rotatable bonds is 4. The Balaban J connectivity index is 1.39. The van der Waals surface area contributed by atoms with Crippen molar-refractivity contribution in [2.75, 3.05) is 25.5 Å². The van der Waals surface area contributed by atoms with Gasteiger partial charge >= 0.3 is 6.03 Å². The summed E-state index contributed by atoms with van der Waals surface area (Å²) in [6.07, 6.45) is 6.34. The minimum absolute atomic E-state index is 0.0195. The second-order valence-electron chi connectivity index (χ2n) is 7.58. The molecule has 1 fully saturated rings. The van der Waals surface area contributed by atoms with Crippen LogP contribution in [0.4, 0.5) is 10.6 Å². The lowest BCUT2D eigenvalue weighted by Crippen LogP contribution is -2.46. The smallest absolute Gasteiger partial charge is 0.323 e. The van der Waals surface area contributed by atoms with Crippen LogP contribution in [0.15, 0.2) is 36.7 Å². The predicted octanol–water partition coefficient (Wildman–Crippen LogP) is 1.59. The van der Waals surface area contributed by atoms with E-state index in [1.807, 2.05) is 19.2 Å². The van der Waals surface area contributed by atoms with Crippen LogP contribution in [0.2, 0.25) is 0 Å². The van der Waals surface area contributed by atoms with Crippen LogP contribution in [-0.4, -0.2) is 59.0 Å². The highest BCUT2D eigenvalue weighted by Crippen LogP contribution is 2.22. The van der Waals surface area contributed by atoms with E-state index in [2.05, 4.69) is 38.1 Å². The first-order valence-corrected chi connectivity index (χ1v) is 10.1. The van der Waals surface area contributed by atoms with Crippen molar-refractivity contribution < 1.29 is 9.59 Å². The number of likely N-dealkylation sites (tertiary alicyclic amines) is 1. The summed E-state index contributed by atoms with van der Waals surface area (Å²) in [4.78, 5) is 35.6. The lowest BCUT2D eigenvalue weighted by Gasteiger charge is -2.31. The SMILES string of the molecule is CNC1CCN(C(=O)Nc2nccnc2C(=O)NC2Cc3ccccc3C2)CC1. The van der Waals surface area contributed by atoms with Crippen molar-refractivity contribution in [3.8, 4) is 0 Å². The maximum Gasteiger partial charge on any atom is 0.323 e. The normalized spacial score (nSPS) is 17.1. The van der Waals surface area contributed by atoms with Crippen LogP contribution in [0, 0.1) is 0 Å². The quantitative estimate of drug-likeness (QED) is 0.731. The summed E-state index contributed by atoms with van der Waals surface area (Å²) in [5.74, 6) is -0.124. The molecule has 0 saturated carbocycles. The number of hydrogen-bond donors (Lipinski definition) is 3. The Hall–Kier alpha value is -3.00. The fourth-order valence-electron chi connectivity index (χ4n) is 4.06. The molecule has 3 N–H and O–H groups in total. The second kappa shape index (κ2) is 8.57. The third-order valence-electron chi connectivity index (χ3n) is 5.72. The Kier molecular flexibility index (Phi) is 5.71. The minimum Gasteiger partial charge on any atom is -0.347 e. The zero-order chi connectivity index (χ0) is 20.2. The van der Waals surface area contributed by atoms with Crippen LogP contribution in [0.3, 0.4) is 0 Å². The van der Waals surface area contributed by atoms with Gasteiger partial charge in [-0.2, -0.15) is 0 Å². The van der Waals surface area contributed by atoms with E-state index in [0.717, 1.165) is 25.7 Å². The number of piperidine rings is 1. The molecule has 1 aliphatic carbocycles. The summed E-state index contributed by atoms with van der Waals surface area (Å²) in [5.41, 5.74) is 2.66. The molecule has 1 saturated heterocycles. The van der Waals surface area contributed by atoms with Crippen molar-refractivity contribution in [3.63, 3.8) is 0 Å². The molecule has 29 heavy (non-hydrogen) atoms. The van der Waals surface area contributed by atoms with Gasteiger partial charge < -0.3 is 15.5 Å². The van der Waals surface area contributed by atoms with Crippen LogP contribution in [0.1, 0.15) is 34.5 Å². The number of urea groups is 1. The Morgan fingerprint density at radius 3 is 2.31 bits per heavy atom. The van der Waals surface area contributed by atoms with Gasteiger partial charge in [-0.15, -0.1) is 0 Å². The highest BCUT2D eigenvalue weighted by molar-refractivity contribution is 6.00. The Morgan fingerprint density at radius 1 is 1.00 bits per heavy atom. The molecule has 0 spiro atoms. The molecular formula is C21H26N6O2. The summed E-state index contributed by atoms with van der Waals surface area (Å²) in [6, 6.07) is 8.41. The van der Waals surface area contributed by atoms with E-state index in [-0.39, 0.29) is 29.5 Å². The number of benzene rings is 1. The summed E-state index contributed by atoms with van der Waals surface area (Å²) in [6.45, 7) is 1.33. The van der Waals surface area contributed by atoms with Gasteiger partial charge in [0.1, 0.15) is 0 Å². The zero-order valence-corrected chi connectivity index (χ0v) is 16.5. The van der Waals surface area contributed by atoms with Crippen molar-refractivity contribution in [2.24, 2.45) is 0 Å². The number of aromatic nitrogens is 2. The molecule has 0 radical (unpaired) electrons. The number of carbonyl (C=O) groups excluding carboxylic acids is 2. The highest BCUT2D eigenvalue weighted by Gasteiger charge is 2.26. The van der Waals surface area contributed by atoms with Crippen LogP contribution < -0.4 is 16.0 Å². The molecule has 2 heterocycles. The van der Waals surface area contributed by atoms with Gasteiger partial charge in [-0.25, -0.2) is 14.8 Å². The largest absolute Gasteiger partial charge is 0.347 e. The molecule has 8 nitrogen and oxygen atoms in total. The number of nitrogens with zero attached hydrogens (tertiary/aromatic N) is 3. The number of carbonyl (C=O) groups is 2. The Bertz CT molecular complexity index is 869. The molecule has 2 aliphatic rings. The molecule has 4 rings (SSSR count). The maximum atomic E-state index is 12.8. The molecular weight excluding hydrogens is 368 g/mol. The molecule has 0 atom stereocenters. The first-order chi connectivity index (χ1) is 14.1.